The standard InChI is InChI=1S/C58H36N2OS/c1-2-12-41(13-3-1)60-52-35-40(26-32-47(52)49-33-25-38-11-4-5-14-46(38)58(49)60)37-21-27-42(28-22-37)59(44-31-34-56-51(36-44)48-15-7-9-20-55(48)62-56)43-29-23-39(24-30-43)45-17-10-19-54-57(45)50-16-6-8-18-53(50)61-54/h1-36H. The van der Waals surface area contributed by atoms with Gasteiger partial charge in [0.2, 0.25) is 0 Å². The van der Waals surface area contributed by atoms with Crippen LogP contribution in [0.4, 0.5) is 17.1 Å². The molecule has 0 aliphatic heterocycles. The van der Waals surface area contributed by atoms with Crippen molar-refractivity contribution >= 4 is 103 Å². The van der Waals surface area contributed by atoms with Crippen LogP contribution >= 0.6 is 11.3 Å². The summed E-state index contributed by atoms with van der Waals surface area (Å²) >= 11 is 1.85. The maximum Gasteiger partial charge on any atom is 0.136 e. The second-order valence-electron chi connectivity index (χ2n) is 16.1. The number of hydrogen-bond donors (Lipinski definition) is 0. The predicted molar refractivity (Wildman–Crippen MR) is 264 cm³/mol. The molecule has 3 aromatic heterocycles. The normalized spacial score (nSPS) is 11.9. The summed E-state index contributed by atoms with van der Waals surface area (Å²) in [5.41, 5.74) is 13.4. The number of aromatic nitrogens is 1. The van der Waals surface area contributed by atoms with Gasteiger partial charge in [0.1, 0.15) is 11.2 Å². The highest BCUT2D eigenvalue weighted by Crippen LogP contribution is 2.44. The zero-order chi connectivity index (χ0) is 40.7. The molecular formula is C58H36N2OS. The number of fused-ring (bicyclic) bond motifs is 11. The van der Waals surface area contributed by atoms with E-state index in [2.05, 4.69) is 216 Å². The van der Waals surface area contributed by atoms with Crippen LogP contribution < -0.4 is 4.90 Å². The fraction of sp³-hybridized carbons (Fsp3) is 0. The number of rotatable bonds is 6. The van der Waals surface area contributed by atoms with Gasteiger partial charge in [-0.1, -0.05) is 140 Å². The molecule has 0 amide bonds. The molecule has 13 rings (SSSR count). The van der Waals surface area contributed by atoms with Crippen LogP contribution in [0.25, 0.3) is 103 Å². The van der Waals surface area contributed by atoms with Crippen LogP contribution in [-0.2, 0) is 0 Å². The molecule has 0 atom stereocenters. The second kappa shape index (κ2) is 13.8. The van der Waals surface area contributed by atoms with Crippen LogP contribution in [-0.4, -0.2) is 4.57 Å². The van der Waals surface area contributed by atoms with Gasteiger partial charge in [0.25, 0.3) is 0 Å². The van der Waals surface area contributed by atoms with Gasteiger partial charge >= 0.3 is 0 Å². The van der Waals surface area contributed by atoms with Gasteiger partial charge in [-0.05, 0) is 107 Å². The highest BCUT2D eigenvalue weighted by atomic mass is 32.1. The van der Waals surface area contributed by atoms with E-state index in [0.29, 0.717) is 0 Å². The quantitative estimate of drug-likeness (QED) is 0.167. The van der Waals surface area contributed by atoms with E-state index in [1.807, 2.05) is 23.5 Å². The van der Waals surface area contributed by atoms with E-state index in [4.69, 9.17) is 4.42 Å². The molecule has 10 aromatic carbocycles. The number of furan rings is 1. The molecule has 0 bridgehead atoms. The van der Waals surface area contributed by atoms with Gasteiger partial charge < -0.3 is 13.9 Å². The molecular weight excluding hydrogens is 773 g/mol. The van der Waals surface area contributed by atoms with Crippen molar-refractivity contribution in [2.24, 2.45) is 0 Å². The largest absolute Gasteiger partial charge is 0.456 e. The van der Waals surface area contributed by atoms with Gasteiger partial charge in [0.05, 0.1) is 11.0 Å². The van der Waals surface area contributed by atoms with Gasteiger partial charge in [-0.3, -0.25) is 0 Å². The Kier molecular flexibility index (Phi) is 7.78. The highest BCUT2D eigenvalue weighted by molar-refractivity contribution is 7.25. The van der Waals surface area contributed by atoms with Gasteiger partial charge in [-0.15, -0.1) is 11.3 Å². The van der Waals surface area contributed by atoms with Crippen molar-refractivity contribution in [3.05, 3.63) is 218 Å². The third-order valence-electron chi connectivity index (χ3n) is 12.6. The topological polar surface area (TPSA) is 21.3 Å². The van der Waals surface area contributed by atoms with Crippen LogP contribution in [0, 0.1) is 0 Å². The summed E-state index contributed by atoms with van der Waals surface area (Å²) in [5, 5.41) is 9.85. The van der Waals surface area contributed by atoms with Crippen LogP contribution in [0.1, 0.15) is 0 Å². The fourth-order valence-corrected chi connectivity index (χ4v) is 10.8. The minimum absolute atomic E-state index is 0.903. The maximum absolute atomic E-state index is 6.26. The number of hydrogen-bond acceptors (Lipinski definition) is 3. The lowest BCUT2D eigenvalue weighted by Gasteiger charge is -2.26. The summed E-state index contributed by atoms with van der Waals surface area (Å²) < 4.78 is 11.3. The Hall–Kier alpha value is -7.92. The minimum Gasteiger partial charge on any atom is -0.456 e. The minimum atomic E-state index is 0.903. The van der Waals surface area contributed by atoms with Crippen LogP contribution in [0.3, 0.4) is 0 Å². The Morgan fingerprint density at radius 2 is 1.03 bits per heavy atom. The first-order chi connectivity index (χ1) is 30.7. The molecule has 62 heavy (non-hydrogen) atoms. The number of para-hydroxylation sites is 2. The Bertz CT molecular complexity index is 3860. The van der Waals surface area contributed by atoms with Crippen LogP contribution in [0.15, 0.2) is 223 Å². The zero-order valence-corrected chi connectivity index (χ0v) is 34.3. The highest BCUT2D eigenvalue weighted by Gasteiger charge is 2.19. The smallest absolute Gasteiger partial charge is 0.136 e. The second-order valence-corrected chi connectivity index (χ2v) is 17.2. The molecule has 0 unspecified atom stereocenters. The van der Waals surface area contributed by atoms with Gasteiger partial charge in [-0.25, -0.2) is 0 Å². The molecule has 290 valence electrons. The van der Waals surface area contributed by atoms with E-state index >= 15 is 0 Å². The van der Waals surface area contributed by atoms with Crippen molar-refractivity contribution in [3.63, 3.8) is 0 Å². The van der Waals surface area contributed by atoms with E-state index < -0.39 is 0 Å². The third-order valence-corrected chi connectivity index (χ3v) is 13.7. The summed E-state index contributed by atoms with van der Waals surface area (Å²) in [6, 6.07) is 79.3. The Morgan fingerprint density at radius 3 is 1.87 bits per heavy atom. The van der Waals surface area contributed by atoms with Crippen molar-refractivity contribution < 1.29 is 4.42 Å². The van der Waals surface area contributed by atoms with Crippen molar-refractivity contribution in [1.82, 2.24) is 4.57 Å². The Morgan fingerprint density at radius 1 is 0.387 bits per heavy atom. The lowest BCUT2D eigenvalue weighted by molar-refractivity contribution is 0.669. The molecule has 13 aromatic rings. The Labute approximate surface area is 361 Å². The fourth-order valence-electron chi connectivity index (χ4n) is 9.71. The van der Waals surface area contributed by atoms with Gasteiger partial charge in [0, 0.05) is 69.9 Å². The molecule has 0 spiro atoms. The first-order valence-electron chi connectivity index (χ1n) is 21.1. The molecule has 3 nitrogen and oxygen atoms in total. The van der Waals surface area contributed by atoms with E-state index in [0.717, 1.165) is 55.8 Å². The molecule has 0 aliphatic carbocycles. The molecule has 0 saturated carbocycles. The first-order valence-corrected chi connectivity index (χ1v) is 21.9. The lowest BCUT2D eigenvalue weighted by Crippen LogP contribution is -2.09. The average molecular weight is 809 g/mol. The molecule has 4 heteroatoms. The van der Waals surface area contributed by atoms with E-state index in [1.54, 1.807) is 0 Å². The summed E-state index contributed by atoms with van der Waals surface area (Å²) in [6.07, 6.45) is 0. The molecule has 0 saturated heterocycles. The van der Waals surface area contributed by atoms with E-state index in [-0.39, 0.29) is 0 Å². The SMILES string of the molecule is c1ccc(-n2c3cc(-c4ccc(N(c5ccc(-c6cccc7oc8ccccc8c67)cc5)c5ccc6sc7ccccc7c6c5)cc4)ccc3c3ccc4ccccc4c32)cc1. The van der Waals surface area contributed by atoms with Crippen LogP contribution in [0.5, 0.6) is 0 Å². The third kappa shape index (κ3) is 5.44. The lowest BCUT2D eigenvalue weighted by atomic mass is 9.99. The molecule has 3 heterocycles. The summed E-state index contributed by atoms with van der Waals surface area (Å²) in [5.74, 6) is 0. The van der Waals surface area contributed by atoms with Gasteiger partial charge in [0.15, 0.2) is 0 Å². The molecule has 0 fully saturated rings. The zero-order valence-electron chi connectivity index (χ0n) is 33.5. The van der Waals surface area contributed by atoms with Crippen molar-refractivity contribution in [2.45, 2.75) is 0 Å². The number of benzene rings is 10. The number of thiophene rings is 1. The Balaban J connectivity index is 0.942. The predicted octanol–water partition coefficient (Wildman–Crippen LogP) is 17.0. The summed E-state index contributed by atoms with van der Waals surface area (Å²) in [4.78, 5) is 2.38. The molecule has 0 N–H and O–H groups in total. The number of nitrogens with zero attached hydrogens (tertiary/aromatic N) is 2. The van der Waals surface area contributed by atoms with Crippen molar-refractivity contribution in [2.75, 3.05) is 4.90 Å². The van der Waals surface area contributed by atoms with Crippen molar-refractivity contribution in [3.8, 4) is 27.9 Å². The average Bonchev–Trinajstić information content (AvgIpc) is 4.02. The van der Waals surface area contributed by atoms with Gasteiger partial charge in [-0.2, -0.15) is 0 Å². The summed E-state index contributed by atoms with van der Waals surface area (Å²) in [7, 11) is 0. The van der Waals surface area contributed by atoms with Crippen LogP contribution in [0.2, 0.25) is 0 Å². The first kappa shape index (κ1) is 34.9. The molecule has 0 radical (unpaired) electrons. The van der Waals surface area contributed by atoms with Crippen molar-refractivity contribution in [1.29, 1.82) is 0 Å². The van der Waals surface area contributed by atoms with E-state index in [9.17, 15) is 0 Å². The monoisotopic (exact) mass is 808 g/mol. The molecule has 0 aliphatic rings. The summed E-state index contributed by atoms with van der Waals surface area (Å²) in [6.45, 7) is 0. The number of anilines is 3. The maximum atomic E-state index is 6.26. The van der Waals surface area contributed by atoms with E-state index in [1.165, 1.54) is 63.9 Å².